The topological polar surface area (TPSA) is 71.5 Å². The summed E-state index contributed by atoms with van der Waals surface area (Å²) in [4.78, 5) is 22.8. The molecule has 0 saturated carbocycles. The van der Waals surface area contributed by atoms with Crippen molar-refractivity contribution >= 4 is 44.1 Å². The van der Waals surface area contributed by atoms with Gasteiger partial charge in [0.25, 0.3) is 5.91 Å². The number of thiazole rings is 1. The highest BCUT2D eigenvalue weighted by atomic mass is 32.1. The van der Waals surface area contributed by atoms with Gasteiger partial charge in [0.05, 0.1) is 29.1 Å². The zero-order chi connectivity index (χ0) is 19.7. The summed E-state index contributed by atoms with van der Waals surface area (Å²) in [7, 11) is 0. The molecule has 1 saturated heterocycles. The number of ether oxygens (including phenoxy) is 1. The van der Waals surface area contributed by atoms with E-state index in [1.165, 1.54) is 11.1 Å². The molecule has 4 rings (SSSR count). The van der Waals surface area contributed by atoms with E-state index >= 15 is 0 Å². The summed E-state index contributed by atoms with van der Waals surface area (Å²) in [5.41, 5.74) is 4.04. The summed E-state index contributed by atoms with van der Waals surface area (Å²) in [6, 6.07) is 4.24. The molecule has 0 spiro atoms. The van der Waals surface area contributed by atoms with E-state index in [1.54, 1.807) is 16.2 Å². The van der Waals surface area contributed by atoms with Gasteiger partial charge in [0, 0.05) is 26.2 Å². The van der Waals surface area contributed by atoms with Crippen molar-refractivity contribution in [3.63, 3.8) is 0 Å². The summed E-state index contributed by atoms with van der Waals surface area (Å²) in [6.07, 6.45) is 0. The molecule has 3 heterocycles. The molecule has 1 amide bonds. The normalized spacial score (nSPS) is 15.2. The van der Waals surface area contributed by atoms with Crippen LogP contribution in [0.5, 0.6) is 0 Å². The van der Waals surface area contributed by atoms with Crippen molar-refractivity contribution in [2.45, 2.75) is 20.8 Å². The number of morpholine rings is 1. The molecule has 7 nitrogen and oxygen atoms in total. The SMILES string of the molecule is Cc1cc2nc(N(CCN3CCOCC3)C(=O)c3snnc3C)sc2cc1C. The van der Waals surface area contributed by atoms with E-state index < -0.39 is 0 Å². The maximum absolute atomic E-state index is 13.3. The largest absolute Gasteiger partial charge is 0.379 e. The van der Waals surface area contributed by atoms with E-state index in [1.807, 2.05) is 6.92 Å². The van der Waals surface area contributed by atoms with Crippen molar-refractivity contribution in [2.75, 3.05) is 44.3 Å². The molecule has 1 aromatic carbocycles. The monoisotopic (exact) mass is 417 g/mol. The van der Waals surface area contributed by atoms with Crippen molar-refractivity contribution in [3.05, 3.63) is 33.8 Å². The standard InChI is InChI=1S/C19H23N5O2S2/c1-12-10-15-16(11-13(12)2)27-19(20-15)24(5-4-23-6-8-26-9-7-23)18(25)17-14(3)21-22-28-17/h10-11H,4-9H2,1-3H3. The van der Waals surface area contributed by atoms with Gasteiger partial charge >= 0.3 is 0 Å². The van der Waals surface area contributed by atoms with Crippen LogP contribution >= 0.6 is 22.9 Å². The van der Waals surface area contributed by atoms with E-state index in [9.17, 15) is 4.79 Å². The first kappa shape index (κ1) is 19.4. The van der Waals surface area contributed by atoms with Crippen molar-refractivity contribution in [1.29, 1.82) is 0 Å². The molecule has 0 bridgehead atoms. The van der Waals surface area contributed by atoms with Crippen LogP contribution in [-0.4, -0.2) is 64.8 Å². The molecule has 0 aliphatic carbocycles. The van der Waals surface area contributed by atoms with Crippen molar-refractivity contribution < 1.29 is 9.53 Å². The van der Waals surface area contributed by atoms with Gasteiger partial charge in [-0.2, -0.15) is 0 Å². The molecule has 0 radical (unpaired) electrons. The average molecular weight is 418 g/mol. The Morgan fingerprint density at radius 2 is 1.96 bits per heavy atom. The molecule has 2 aromatic heterocycles. The van der Waals surface area contributed by atoms with Crippen LogP contribution in [0.4, 0.5) is 5.13 Å². The second kappa shape index (κ2) is 8.20. The number of benzene rings is 1. The molecular weight excluding hydrogens is 394 g/mol. The number of hydrogen-bond donors (Lipinski definition) is 0. The minimum Gasteiger partial charge on any atom is -0.379 e. The number of aromatic nitrogens is 3. The van der Waals surface area contributed by atoms with Gasteiger partial charge < -0.3 is 4.74 Å². The van der Waals surface area contributed by atoms with Gasteiger partial charge in [0.15, 0.2) is 5.13 Å². The summed E-state index contributed by atoms with van der Waals surface area (Å²) in [5, 5.41) is 4.73. The summed E-state index contributed by atoms with van der Waals surface area (Å²) >= 11 is 2.71. The lowest BCUT2D eigenvalue weighted by Gasteiger charge is -2.29. The van der Waals surface area contributed by atoms with E-state index in [2.05, 4.69) is 40.5 Å². The zero-order valence-electron chi connectivity index (χ0n) is 16.3. The van der Waals surface area contributed by atoms with E-state index in [4.69, 9.17) is 9.72 Å². The summed E-state index contributed by atoms with van der Waals surface area (Å²) in [6.45, 7) is 10.6. The quantitative estimate of drug-likeness (QED) is 0.635. The highest BCUT2D eigenvalue weighted by Crippen LogP contribution is 2.32. The first-order valence-corrected chi connectivity index (χ1v) is 10.9. The third-order valence-electron chi connectivity index (χ3n) is 5.06. The van der Waals surface area contributed by atoms with Crippen molar-refractivity contribution in [2.24, 2.45) is 0 Å². The van der Waals surface area contributed by atoms with Crippen LogP contribution in [0, 0.1) is 20.8 Å². The fourth-order valence-electron chi connectivity index (χ4n) is 3.18. The van der Waals surface area contributed by atoms with Gasteiger partial charge in [-0.25, -0.2) is 4.98 Å². The molecule has 1 fully saturated rings. The minimum atomic E-state index is -0.0757. The Balaban J connectivity index is 1.65. The Hall–Kier alpha value is -1.94. The molecule has 0 unspecified atom stereocenters. The van der Waals surface area contributed by atoms with Gasteiger partial charge in [0.1, 0.15) is 4.88 Å². The smallest absolute Gasteiger partial charge is 0.273 e. The fraction of sp³-hybridized carbons (Fsp3) is 0.474. The number of carbonyl (C=O) groups excluding carboxylic acids is 1. The second-order valence-electron chi connectivity index (χ2n) is 7.00. The van der Waals surface area contributed by atoms with Crippen LogP contribution in [-0.2, 0) is 4.74 Å². The number of anilines is 1. The first-order chi connectivity index (χ1) is 13.5. The van der Waals surface area contributed by atoms with Crippen LogP contribution in [0.15, 0.2) is 12.1 Å². The molecule has 0 atom stereocenters. The number of nitrogens with zero attached hydrogens (tertiary/aromatic N) is 5. The molecule has 148 valence electrons. The Kier molecular flexibility index (Phi) is 5.68. The number of fused-ring (bicyclic) bond motifs is 1. The Morgan fingerprint density at radius 3 is 2.68 bits per heavy atom. The lowest BCUT2D eigenvalue weighted by atomic mass is 10.1. The lowest BCUT2D eigenvalue weighted by molar-refractivity contribution is 0.0391. The van der Waals surface area contributed by atoms with Crippen LogP contribution in [0.1, 0.15) is 26.5 Å². The van der Waals surface area contributed by atoms with Gasteiger partial charge in [0.2, 0.25) is 0 Å². The molecule has 1 aliphatic heterocycles. The average Bonchev–Trinajstić information content (AvgIpc) is 3.29. The minimum absolute atomic E-state index is 0.0757. The Morgan fingerprint density at radius 1 is 1.21 bits per heavy atom. The second-order valence-corrected chi connectivity index (χ2v) is 8.76. The van der Waals surface area contributed by atoms with Crippen LogP contribution in [0.3, 0.4) is 0 Å². The molecule has 1 aliphatic rings. The maximum Gasteiger partial charge on any atom is 0.273 e. The van der Waals surface area contributed by atoms with Crippen LogP contribution in [0.25, 0.3) is 10.2 Å². The third kappa shape index (κ3) is 3.93. The predicted octanol–water partition coefficient (Wildman–Crippen LogP) is 3.05. The number of carbonyl (C=O) groups is 1. The Bertz CT molecular complexity index is 955. The van der Waals surface area contributed by atoms with Gasteiger partial charge in [-0.05, 0) is 55.6 Å². The maximum atomic E-state index is 13.3. The van der Waals surface area contributed by atoms with E-state index in [0.29, 0.717) is 17.1 Å². The molecule has 28 heavy (non-hydrogen) atoms. The molecule has 3 aromatic rings. The zero-order valence-corrected chi connectivity index (χ0v) is 17.9. The van der Waals surface area contributed by atoms with Crippen LogP contribution < -0.4 is 4.90 Å². The predicted molar refractivity (Wildman–Crippen MR) is 113 cm³/mol. The summed E-state index contributed by atoms with van der Waals surface area (Å²) in [5.74, 6) is -0.0757. The summed E-state index contributed by atoms with van der Waals surface area (Å²) < 4.78 is 10.5. The van der Waals surface area contributed by atoms with Crippen molar-refractivity contribution in [3.8, 4) is 0 Å². The van der Waals surface area contributed by atoms with Gasteiger partial charge in [-0.1, -0.05) is 15.8 Å². The lowest BCUT2D eigenvalue weighted by Crippen LogP contribution is -2.43. The first-order valence-electron chi connectivity index (χ1n) is 9.31. The van der Waals surface area contributed by atoms with E-state index in [-0.39, 0.29) is 5.91 Å². The number of amides is 1. The fourth-order valence-corrected chi connectivity index (χ4v) is 4.86. The number of aryl methyl sites for hydroxylation is 3. The third-order valence-corrected chi connectivity index (χ3v) is 6.92. The van der Waals surface area contributed by atoms with Gasteiger partial charge in [-0.15, -0.1) is 5.10 Å². The van der Waals surface area contributed by atoms with Crippen LogP contribution in [0.2, 0.25) is 0 Å². The molecular formula is C19H23N5O2S2. The number of hydrogen-bond acceptors (Lipinski definition) is 8. The van der Waals surface area contributed by atoms with E-state index in [0.717, 1.165) is 59.7 Å². The number of rotatable bonds is 5. The molecule has 0 N–H and O–H groups in total. The van der Waals surface area contributed by atoms with Crippen molar-refractivity contribution in [1.82, 2.24) is 19.5 Å². The highest BCUT2D eigenvalue weighted by molar-refractivity contribution is 7.22. The highest BCUT2D eigenvalue weighted by Gasteiger charge is 2.26. The molecule has 9 heteroatoms. The Labute approximate surface area is 172 Å². The van der Waals surface area contributed by atoms with Gasteiger partial charge in [-0.3, -0.25) is 14.6 Å².